The molecule has 1 aromatic heterocycles. The Hall–Kier alpha value is -1.10. The molecular formula is C17H25ClF3N5OS. The predicted molar refractivity (Wildman–Crippen MR) is 104 cm³/mol. The molecule has 2 aliphatic rings. The lowest BCUT2D eigenvalue weighted by Crippen LogP contribution is -2.63. The quantitative estimate of drug-likeness (QED) is 0.767. The van der Waals surface area contributed by atoms with E-state index in [-0.39, 0.29) is 27.0 Å². The molecule has 0 bridgehead atoms. The summed E-state index contributed by atoms with van der Waals surface area (Å²) in [6.45, 7) is 10.5. The minimum absolute atomic E-state index is 0.000370. The Morgan fingerprint density at radius 3 is 2.36 bits per heavy atom. The zero-order chi connectivity index (χ0) is 20.7. The third-order valence-corrected chi connectivity index (χ3v) is 6.44. The van der Waals surface area contributed by atoms with Crippen molar-refractivity contribution in [3.05, 3.63) is 10.0 Å². The summed E-state index contributed by atoms with van der Waals surface area (Å²) in [4.78, 5) is 22.4. The highest BCUT2D eigenvalue weighted by molar-refractivity contribution is 7.19. The number of hydrogen-bond acceptors (Lipinski definition) is 6. The fourth-order valence-corrected chi connectivity index (χ4v) is 4.69. The number of halogens is 4. The predicted octanol–water partition coefficient (Wildman–Crippen LogP) is 2.54. The number of thiazole rings is 1. The summed E-state index contributed by atoms with van der Waals surface area (Å²) in [5.41, 5.74) is -1.04. The van der Waals surface area contributed by atoms with E-state index < -0.39 is 11.9 Å². The Morgan fingerprint density at radius 1 is 1.18 bits per heavy atom. The van der Waals surface area contributed by atoms with Crippen molar-refractivity contribution in [3.63, 3.8) is 0 Å². The second kappa shape index (κ2) is 7.97. The largest absolute Gasteiger partial charge is 0.435 e. The van der Waals surface area contributed by atoms with Crippen molar-refractivity contribution in [1.29, 1.82) is 0 Å². The number of carbonyl (C=O) groups is 1. The molecule has 0 saturated carbocycles. The van der Waals surface area contributed by atoms with Crippen LogP contribution in [0.3, 0.4) is 0 Å². The Kier molecular flexibility index (Phi) is 6.15. The van der Waals surface area contributed by atoms with E-state index in [2.05, 4.69) is 36.0 Å². The standard InChI is InChI=1S/C17H25ClF3N5OS/c1-16(2,3)26-5-4-22-11(10-26)14(27)24-6-8-25(9-7-24)15-23-12(13(18)28-15)17(19,20)21/h11,22H,4-10H2,1-3H3/t11-/m1/s1. The third-order valence-electron chi connectivity index (χ3n) is 5.13. The van der Waals surface area contributed by atoms with Gasteiger partial charge in [0.05, 0.1) is 6.04 Å². The first-order valence-corrected chi connectivity index (χ1v) is 10.4. The highest BCUT2D eigenvalue weighted by atomic mass is 35.5. The lowest BCUT2D eigenvalue weighted by molar-refractivity contribution is -0.140. The molecule has 11 heteroatoms. The van der Waals surface area contributed by atoms with Crippen molar-refractivity contribution in [3.8, 4) is 0 Å². The molecule has 0 unspecified atom stereocenters. The maximum atomic E-state index is 12.9. The van der Waals surface area contributed by atoms with E-state index >= 15 is 0 Å². The summed E-state index contributed by atoms with van der Waals surface area (Å²) < 4.78 is 38.3. The molecule has 3 heterocycles. The van der Waals surface area contributed by atoms with E-state index in [1.165, 1.54) is 0 Å². The summed E-state index contributed by atoms with van der Waals surface area (Å²) >= 11 is 6.54. The number of anilines is 1. The van der Waals surface area contributed by atoms with Gasteiger partial charge in [0, 0.05) is 51.4 Å². The summed E-state index contributed by atoms with van der Waals surface area (Å²) in [5.74, 6) is 0.0433. The van der Waals surface area contributed by atoms with Crippen LogP contribution in [0.1, 0.15) is 26.5 Å². The van der Waals surface area contributed by atoms with E-state index in [4.69, 9.17) is 11.6 Å². The average Bonchev–Trinajstić information content (AvgIpc) is 3.03. The van der Waals surface area contributed by atoms with Crippen LogP contribution in [0.4, 0.5) is 18.3 Å². The number of carbonyl (C=O) groups excluding carboxylic acids is 1. The van der Waals surface area contributed by atoms with Gasteiger partial charge >= 0.3 is 6.18 Å². The van der Waals surface area contributed by atoms with Gasteiger partial charge in [0.2, 0.25) is 5.91 Å². The normalized spacial score (nSPS) is 22.6. The second-order valence-corrected chi connectivity index (χ2v) is 9.63. The molecule has 1 atom stereocenters. The Balaban J connectivity index is 1.59. The van der Waals surface area contributed by atoms with Crippen LogP contribution in [0.2, 0.25) is 4.34 Å². The van der Waals surface area contributed by atoms with Crippen LogP contribution in [0.25, 0.3) is 0 Å². The molecular weight excluding hydrogens is 415 g/mol. The van der Waals surface area contributed by atoms with Gasteiger partial charge in [-0.1, -0.05) is 22.9 Å². The van der Waals surface area contributed by atoms with Gasteiger partial charge in [-0.15, -0.1) is 0 Å². The van der Waals surface area contributed by atoms with Crippen molar-refractivity contribution < 1.29 is 18.0 Å². The van der Waals surface area contributed by atoms with Crippen molar-refractivity contribution in [2.45, 2.75) is 38.5 Å². The fourth-order valence-electron chi connectivity index (χ4n) is 3.46. The highest BCUT2D eigenvalue weighted by Crippen LogP contribution is 2.40. The molecule has 0 aliphatic carbocycles. The third kappa shape index (κ3) is 4.72. The van der Waals surface area contributed by atoms with Crippen molar-refractivity contribution >= 4 is 34.0 Å². The molecule has 0 radical (unpaired) electrons. The number of piperazine rings is 2. The second-order valence-electron chi connectivity index (χ2n) is 8.05. The highest BCUT2D eigenvalue weighted by Gasteiger charge is 2.39. The van der Waals surface area contributed by atoms with Crippen LogP contribution in [0, 0.1) is 0 Å². The molecule has 0 spiro atoms. The monoisotopic (exact) mass is 439 g/mol. The Bertz CT molecular complexity index is 713. The van der Waals surface area contributed by atoms with E-state index in [1.54, 1.807) is 9.80 Å². The summed E-state index contributed by atoms with van der Waals surface area (Å²) in [5, 5.41) is 3.54. The molecule has 2 saturated heterocycles. The summed E-state index contributed by atoms with van der Waals surface area (Å²) in [6, 6.07) is -0.259. The minimum Gasteiger partial charge on any atom is -0.344 e. The summed E-state index contributed by atoms with van der Waals surface area (Å²) in [7, 11) is 0. The Morgan fingerprint density at radius 2 is 1.82 bits per heavy atom. The molecule has 2 fully saturated rings. The van der Waals surface area contributed by atoms with Gasteiger partial charge in [0.1, 0.15) is 4.34 Å². The van der Waals surface area contributed by atoms with Crippen LogP contribution >= 0.6 is 22.9 Å². The first kappa shape index (κ1) is 21.6. The number of nitrogens with zero attached hydrogens (tertiary/aromatic N) is 4. The number of alkyl halides is 3. The van der Waals surface area contributed by atoms with Gasteiger partial charge in [-0.2, -0.15) is 13.2 Å². The van der Waals surface area contributed by atoms with Crippen molar-refractivity contribution in [2.24, 2.45) is 0 Å². The number of rotatable bonds is 2. The zero-order valence-corrected chi connectivity index (χ0v) is 17.7. The number of nitrogens with one attached hydrogen (secondary N) is 1. The van der Waals surface area contributed by atoms with Crippen molar-refractivity contribution in [2.75, 3.05) is 50.7 Å². The van der Waals surface area contributed by atoms with Crippen LogP contribution in [0.5, 0.6) is 0 Å². The minimum atomic E-state index is -4.56. The van der Waals surface area contributed by atoms with E-state index in [0.29, 0.717) is 32.7 Å². The molecule has 6 nitrogen and oxygen atoms in total. The SMILES string of the molecule is CC(C)(C)N1CCN[C@@H](C(=O)N2CCN(c3nc(C(F)(F)F)c(Cl)s3)CC2)C1. The van der Waals surface area contributed by atoms with Gasteiger partial charge in [0.25, 0.3) is 0 Å². The van der Waals surface area contributed by atoms with Gasteiger partial charge in [-0.25, -0.2) is 4.98 Å². The van der Waals surface area contributed by atoms with E-state index in [1.807, 2.05) is 0 Å². The van der Waals surface area contributed by atoms with E-state index in [9.17, 15) is 18.0 Å². The zero-order valence-electron chi connectivity index (χ0n) is 16.1. The van der Waals surface area contributed by atoms with Crippen LogP contribution < -0.4 is 10.2 Å². The first-order chi connectivity index (χ1) is 13.0. The van der Waals surface area contributed by atoms with Crippen LogP contribution in [0.15, 0.2) is 0 Å². The Labute approximate surface area is 171 Å². The lowest BCUT2D eigenvalue weighted by Gasteiger charge is -2.43. The van der Waals surface area contributed by atoms with Gasteiger partial charge in [-0.3, -0.25) is 9.69 Å². The number of amides is 1. The van der Waals surface area contributed by atoms with Crippen molar-refractivity contribution in [1.82, 2.24) is 20.1 Å². The molecule has 1 amide bonds. The van der Waals surface area contributed by atoms with Gasteiger partial charge in [-0.05, 0) is 20.8 Å². The molecule has 1 N–H and O–H groups in total. The molecule has 0 aromatic carbocycles. The number of aromatic nitrogens is 1. The topological polar surface area (TPSA) is 51.7 Å². The average molecular weight is 440 g/mol. The lowest BCUT2D eigenvalue weighted by atomic mass is 10.0. The molecule has 1 aromatic rings. The maximum absolute atomic E-state index is 12.9. The van der Waals surface area contributed by atoms with Gasteiger partial charge < -0.3 is 15.1 Å². The molecule has 28 heavy (non-hydrogen) atoms. The molecule has 158 valence electrons. The van der Waals surface area contributed by atoms with Crippen LogP contribution in [-0.2, 0) is 11.0 Å². The number of hydrogen-bond donors (Lipinski definition) is 1. The smallest absolute Gasteiger partial charge is 0.344 e. The first-order valence-electron chi connectivity index (χ1n) is 9.22. The summed E-state index contributed by atoms with van der Waals surface area (Å²) in [6.07, 6.45) is -4.56. The molecule has 3 rings (SSSR count). The fraction of sp³-hybridized carbons (Fsp3) is 0.765. The van der Waals surface area contributed by atoms with Gasteiger partial charge in [0.15, 0.2) is 10.8 Å². The maximum Gasteiger partial charge on any atom is 0.435 e. The van der Waals surface area contributed by atoms with E-state index in [0.717, 1.165) is 24.4 Å². The van der Waals surface area contributed by atoms with Crippen LogP contribution in [-0.4, -0.2) is 78.1 Å². The molecule has 2 aliphatic heterocycles.